The van der Waals surface area contributed by atoms with E-state index in [-0.39, 0.29) is 11.9 Å². The summed E-state index contributed by atoms with van der Waals surface area (Å²) in [6.07, 6.45) is 2.69. The van der Waals surface area contributed by atoms with Gasteiger partial charge >= 0.3 is 0 Å². The normalized spacial score (nSPS) is 23.0. The average molecular weight is 269 g/mol. The third-order valence-corrected chi connectivity index (χ3v) is 4.17. The van der Waals surface area contributed by atoms with Gasteiger partial charge in [-0.1, -0.05) is 25.1 Å². The molecule has 2 heterocycles. The summed E-state index contributed by atoms with van der Waals surface area (Å²) in [5.41, 5.74) is 7.53. The molecule has 1 aliphatic rings. The standard InChI is InChI=1S/C16H19N3O/c1-11-7-9-19(10-14(11)17)16(20)13-6-2-4-12-5-3-8-18-15(12)13/h2-6,8,11,14H,7,9-10,17H2,1H3. The Hall–Kier alpha value is -1.94. The van der Waals surface area contributed by atoms with Crippen molar-refractivity contribution < 1.29 is 4.79 Å². The minimum Gasteiger partial charge on any atom is -0.337 e. The van der Waals surface area contributed by atoms with Crippen LogP contribution in [0.25, 0.3) is 10.9 Å². The fourth-order valence-electron chi connectivity index (χ4n) is 2.73. The number of piperidine rings is 1. The number of amides is 1. The zero-order valence-electron chi connectivity index (χ0n) is 11.6. The first-order valence-corrected chi connectivity index (χ1v) is 7.05. The van der Waals surface area contributed by atoms with Crippen LogP contribution >= 0.6 is 0 Å². The fraction of sp³-hybridized carbons (Fsp3) is 0.375. The second-order valence-corrected chi connectivity index (χ2v) is 5.56. The Balaban J connectivity index is 1.93. The van der Waals surface area contributed by atoms with Crippen molar-refractivity contribution >= 4 is 16.8 Å². The summed E-state index contributed by atoms with van der Waals surface area (Å²) in [6.45, 7) is 3.55. The van der Waals surface area contributed by atoms with Crippen molar-refractivity contribution in [1.82, 2.24) is 9.88 Å². The predicted molar refractivity (Wildman–Crippen MR) is 79.4 cm³/mol. The van der Waals surface area contributed by atoms with Crippen molar-refractivity contribution in [1.29, 1.82) is 0 Å². The van der Waals surface area contributed by atoms with Gasteiger partial charge in [0.15, 0.2) is 0 Å². The summed E-state index contributed by atoms with van der Waals surface area (Å²) < 4.78 is 0. The van der Waals surface area contributed by atoms with Gasteiger partial charge in [0.1, 0.15) is 0 Å². The van der Waals surface area contributed by atoms with Gasteiger partial charge in [0.05, 0.1) is 11.1 Å². The molecule has 4 heteroatoms. The van der Waals surface area contributed by atoms with Gasteiger partial charge in [-0.15, -0.1) is 0 Å². The smallest absolute Gasteiger partial charge is 0.256 e. The number of carbonyl (C=O) groups excluding carboxylic acids is 1. The highest BCUT2D eigenvalue weighted by Crippen LogP contribution is 2.21. The molecule has 2 unspecified atom stereocenters. The van der Waals surface area contributed by atoms with Crippen LogP contribution in [0.15, 0.2) is 36.5 Å². The Labute approximate surface area is 118 Å². The molecule has 0 spiro atoms. The molecule has 3 rings (SSSR count). The molecule has 2 aromatic rings. The molecule has 20 heavy (non-hydrogen) atoms. The highest BCUT2D eigenvalue weighted by molar-refractivity contribution is 6.05. The van der Waals surface area contributed by atoms with E-state index in [1.807, 2.05) is 35.2 Å². The van der Waals surface area contributed by atoms with Gasteiger partial charge in [-0.05, 0) is 24.5 Å². The summed E-state index contributed by atoms with van der Waals surface area (Å²) in [6, 6.07) is 9.65. The topological polar surface area (TPSA) is 59.2 Å². The molecule has 1 amide bonds. The van der Waals surface area contributed by atoms with Crippen molar-refractivity contribution in [3.63, 3.8) is 0 Å². The van der Waals surface area contributed by atoms with E-state index in [2.05, 4.69) is 11.9 Å². The maximum atomic E-state index is 12.7. The van der Waals surface area contributed by atoms with Crippen LogP contribution in [0.5, 0.6) is 0 Å². The highest BCUT2D eigenvalue weighted by atomic mass is 16.2. The van der Waals surface area contributed by atoms with E-state index in [0.29, 0.717) is 18.0 Å². The number of nitrogens with two attached hydrogens (primary N) is 1. The van der Waals surface area contributed by atoms with E-state index in [0.717, 1.165) is 23.9 Å². The summed E-state index contributed by atoms with van der Waals surface area (Å²) in [7, 11) is 0. The lowest BCUT2D eigenvalue weighted by molar-refractivity contribution is 0.0674. The molecule has 1 aromatic carbocycles. The molecule has 1 saturated heterocycles. The Morgan fingerprint density at radius 2 is 2.15 bits per heavy atom. The van der Waals surface area contributed by atoms with Crippen molar-refractivity contribution in [2.45, 2.75) is 19.4 Å². The molecule has 1 fully saturated rings. The number of pyridine rings is 1. The lowest BCUT2D eigenvalue weighted by atomic mass is 9.93. The van der Waals surface area contributed by atoms with Crippen molar-refractivity contribution in [2.75, 3.05) is 13.1 Å². The van der Waals surface area contributed by atoms with Crippen molar-refractivity contribution in [3.05, 3.63) is 42.1 Å². The number of hydrogen-bond acceptors (Lipinski definition) is 3. The second kappa shape index (κ2) is 5.21. The third kappa shape index (κ3) is 2.27. The Morgan fingerprint density at radius 3 is 2.95 bits per heavy atom. The molecule has 0 aliphatic carbocycles. The highest BCUT2D eigenvalue weighted by Gasteiger charge is 2.27. The van der Waals surface area contributed by atoms with E-state index >= 15 is 0 Å². The van der Waals surface area contributed by atoms with Crippen LogP contribution in [0.1, 0.15) is 23.7 Å². The summed E-state index contributed by atoms with van der Waals surface area (Å²) in [5.74, 6) is 0.515. The quantitative estimate of drug-likeness (QED) is 0.862. The number of rotatable bonds is 1. The second-order valence-electron chi connectivity index (χ2n) is 5.56. The molecule has 0 bridgehead atoms. The first-order chi connectivity index (χ1) is 9.66. The predicted octanol–water partition coefficient (Wildman–Crippen LogP) is 2.04. The van der Waals surface area contributed by atoms with Crippen molar-refractivity contribution in [3.8, 4) is 0 Å². The van der Waals surface area contributed by atoms with Crippen LogP contribution < -0.4 is 5.73 Å². The summed E-state index contributed by atoms with van der Waals surface area (Å²) >= 11 is 0. The van der Waals surface area contributed by atoms with Crippen LogP contribution in [-0.4, -0.2) is 34.9 Å². The minimum absolute atomic E-state index is 0.0386. The van der Waals surface area contributed by atoms with E-state index in [1.54, 1.807) is 6.20 Å². The number of aromatic nitrogens is 1. The first-order valence-electron chi connectivity index (χ1n) is 7.05. The van der Waals surface area contributed by atoms with E-state index in [1.165, 1.54) is 0 Å². The van der Waals surface area contributed by atoms with Crippen LogP contribution in [-0.2, 0) is 0 Å². The number of hydrogen-bond donors (Lipinski definition) is 1. The van der Waals surface area contributed by atoms with Crippen LogP contribution in [0, 0.1) is 5.92 Å². The van der Waals surface area contributed by atoms with Crippen LogP contribution in [0.2, 0.25) is 0 Å². The number of para-hydroxylation sites is 1. The van der Waals surface area contributed by atoms with Crippen LogP contribution in [0.3, 0.4) is 0 Å². The lowest BCUT2D eigenvalue weighted by Crippen LogP contribution is -2.49. The zero-order valence-corrected chi connectivity index (χ0v) is 11.6. The number of carbonyl (C=O) groups is 1. The Kier molecular flexibility index (Phi) is 3.40. The van der Waals surface area contributed by atoms with Crippen LogP contribution in [0.4, 0.5) is 0 Å². The lowest BCUT2D eigenvalue weighted by Gasteiger charge is -2.35. The molecular formula is C16H19N3O. The molecule has 0 radical (unpaired) electrons. The summed E-state index contributed by atoms with van der Waals surface area (Å²) in [4.78, 5) is 18.9. The maximum Gasteiger partial charge on any atom is 0.256 e. The molecule has 1 aromatic heterocycles. The Bertz CT molecular complexity index is 635. The molecule has 1 aliphatic heterocycles. The fourth-order valence-corrected chi connectivity index (χ4v) is 2.73. The molecule has 2 atom stereocenters. The van der Waals surface area contributed by atoms with Gasteiger partial charge in [0.2, 0.25) is 0 Å². The minimum atomic E-state index is 0.0386. The molecule has 104 valence electrons. The summed E-state index contributed by atoms with van der Waals surface area (Å²) in [5, 5.41) is 0.994. The number of fused-ring (bicyclic) bond motifs is 1. The van der Waals surface area contributed by atoms with Gasteiger partial charge in [0.25, 0.3) is 5.91 Å². The zero-order chi connectivity index (χ0) is 14.1. The molecule has 2 N–H and O–H groups in total. The average Bonchev–Trinajstić information content (AvgIpc) is 2.49. The van der Waals surface area contributed by atoms with Gasteiger partial charge in [-0.25, -0.2) is 0 Å². The van der Waals surface area contributed by atoms with Gasteiger partial charge in [0, 0.05) is 30.7 Å². The number of nitrogens with zero attached hydrogens (tertiary/aromatic N) is 2. The van der Waals surface area contributed by atoms with E-state index < -0.39 is 0 Å². The van der Waals surface area contributed by atoms with Gasteiger partial charge in [-0.3, -0.25) is 9.78 Å². The molecular weight excluding hydrogens is 250 g/mol. The number of likely N-dealkylation sites (tertiary alicyclic amines) is 1. The van der Waals surface area contributed by atoms with Gasteiger partial charge in [-0.2, -0.15) is 0 Å². The first kappa shape index (κ1) is 13.1. The SMILES string of the molecule is CC1CCN(C(=O)c2cccc3cccnc23)CC1N. The molecule has 4 nitrogen and oxygen atoms in total. The van der Waals surface area contributed by atoms with Crippen molar-refractivity contribution in [2.24, 2.45) is 11.7 Å². The van der Waals surface area contributed by atoms with Gasteiger partial charge < -0.3 is 10.6 Å². The van der Waals surface area contributed by atoms with E-state index in [4.69, 9.17) is 5.73 Å². The Morgan fingerprint density at radius 1 is 1.35 bits per heavy atom. The maximum absolute atomic E-state index is 12.7. The van der Waals surface area contributed by atoms with E-state index in [9.17, 15) is 4.79 Å². The molecule has 0 saturated carbocycles. The number of benzene rings is 1. The third-order valence-electron chi connectivity index (χ3n) is 4.17. The largest absolute Gasteiger partial charge is 0.337 e. The monoisotopic (exact) mass is 269 g/mol.